The van der Waals surface area contributed by atoms with Gasteiger partial charge in [-0.2, -0.15) is 0 Å². The van der Waals surface area contributed by atoms with Gasteiger partial charge in [-0.15, -0.1) is 0 Å². The van der Waals surface area contributed by atoms with Gasteiger partial charge in [-0.05, 0) is 42.9 Å². The Morgan fingerprint density at radius 3 is 2.26 bits per heavy atom. The third kappa shape index (κ3) is 3.45. The van der Waals surface area contributed by atoms with E-state index in [2.05, 4.69) is 68.4 Å². The molecule has 0 saturated heterocycles. The molecule has 0 heterocycles. The second kappa shape index (κ2) is 6.53. The highest BCUT2D eigenvalue weighted by Crippen LogP contribution is 2.35. The summed E-state index contributed by atoms with van der Waals surface area (Å²) in [6, 6.07) is 19.5. The molecular weight excluding hydrogens is 230 g/mol. The second-order valence-electron chi connectivity index (χ2n) is 5.30. The quantitative estimate of drug-likeness (QED) is 0.847. The van der Waals surface area contributed by atoms with E-state index in [9.17, 15) is 0 Å². The van der Waals surface area contributed by atoms with Crippen molar-refractivity contribution in [3.8, 4) is 0 Å². The summed E-state index contributed by atoms with van der Waals surface area (Å²) >= 11 is 0. The van der Waals surface area contributed by atoms with Crippen LogP contribution >= 0.6 is 0 Å². The maximum Gasteiger partial charge on any atom is -0.00712 e. The Balaban J connectivity index is 2.29. The second-order valence-corrected chi connectivity index (χ2v) is 5.30. The Morgan fingerprint density at radius 1 is 0.947 bits per heavy atom. The molecule has 2 atom stereocenters. The fourth-order valence-electron chi connectivity index (χ4n) is 2.77. The SMILES string of the molecule is Cc1cccc(C(C)C(CCN)c2ccccc2)c1. The Kier molecular flexibility index (Phi) is 4.75. The molecule has 0 amide bonds. The van der Waals surface area contributed by atoms with Crippen molar-refractivity contribution in [3.63, 3.8) is 0 Å². The lowest BCUT2D eigenvalue weighted by molar-refractivity contribution is 0.541. The van der Waals surface area contributed by atoms with Crippen molar-refractivity contribution in [2.45, 2.75) is 32.1 Å². The molecule has 1 heteroatoms. The normalized spacial score (nSPS) is 14.1. The van der Waals surface area contributed by atoms with Crippen molar-refractivity contribution in [2.75, 3.05) is 6.54 Å². The van der Waals surface area contributed by atoms with Crippen LogP contribution in [0, 0.1) is 6.92 Å². The summed E-state index contributed by atoms with van der Waals surface area (Å²) in [7, 11) is 0. The van der Waals surface area contributed by atoms with Gasteiger partial charge in [0.15, 0.2) is 0 Å². The van der Waals surface area contributed by atoms with Crippen LogP contribution in [0.25, 0.3) is 0 Å². The van der Waals surface area contributed by atoms with Gasteiger partial charge in [0.2, 0.25) is 0 Å². The number of nitrogens with two attached hydrogens (primary N) is 1. The van der Waals surface area contributed by atoms with E-state index in [0.717, 1.165) is 13.0 Å². The third-order valence-corrected chi connectivity index (χ3v) is 3.88. The van der Waals surface area contributed by atoms with Crippen LogP contribution in [0.3, 0.4) is 0 Å². The van der Waals surface area contributed by atoms with Gasteiger partial charge in [0, 0.05) is 0 Å². The monoisotopic (exact) mass is 253 g/mol. The summed E-state index contributed by atoms with van der Waals surface area (Å²) < 4.78 is 0. The third-order valence-electron chi connectivity index (χ3n) is 3.88. The van der Waals surface area contributed by atoms with E-state index in [-0.39, 0.29) is 0 Å². The Morgan fingerprint density at radius 2 is 1.63 bits per heavy atom. The number of hydrogen-bond acceptors (Lipinski definition) is 1. The van der Waals surface area contributed by atoms with Crippen molar-refractivity contribution >= 4 is 0 Å². The van der Waals surface area contributed by atoms with Gasteiger partial charge in [0.1, 0.15) is 0 Å². The molecule has 2 unspecified atom stereocenters. The molecule has 0 radical (unpaired) electrons. The first-order chi connectivity index (χ1) is 9.22. The topological polar surface area (TPSA) is 26.0 Å². The molecule has 0 aliphatic rings. The van der Waals surface area contributed by atoms with Crippen LogP contribution in [0.4, 0.5) is 0 Å². The van der Waals surface area contributed by atoms with E-state index < -0.39 is 0 Å². The molecule has 0 spiro atoms. The Hall–Kier alpha value is -1.60. The van der Waals surface area contributed by atoms with E-state index in [0.29, 0.717) is 11.8 Å². The van der Waals surface area contributed by atoms with Crippen molar-refractivity contribution in [2.24, 2.45) is 5.73 Å². The molecule has 100 valence electrons. The summed E-state index contributed by atoms with van der Waals surface area (Å²) in [4.78, 5) is 0. The van der Waals surface area contributed by atoms with E-state index >= 15 is 0 Å². The minimum absolute atomic E-state index is 0.492. The summed E-state index contributed by atoms with van der Waals surface area (Å²) in [5, 5.41) is 0. The summed E-state index contributed by atoms with van der Waals surface area (Å²) in [6.07, 6.45) is 1.03. The van der Waals surface area contributed by atoms with Crippen LogP contribution in [0.15, 0.2) is 54.6 Å². The fourth-order valence-corrected chi connectivity index (χ4v) is 2.77. The molecule has 19 heavy (non-hydrogen) atoms. The molecule has 0 aliphatic carbocycles. The van der Waals surface area contributed by atoms with Gasteiger partial charge < -0.3 is 5.73 Å². The number of rotatable bonds is 5. The average molecular weight is 253 g/mol. The summed E-state index contributed by atoms with van der Waals surface area (Å²) in [5.41, 5.74) is 9.93. The Bertz CT molecular complexity index is 504. The highest BCUT2D eigenvalue weighted by molar-refractivity contribution is 5.30. The number of hydrogen-bond donors (Lipinski definition) is 1. The van der Waals surface area contributed by atoms with Gasteiger partial charge in [-0.25, -0.2) is 0 Å². The van der Waals surface area contributed by atoms with Crippen LogP contribution in [-0.4, -0.2) is 6.54 Å². The maximum atomic E-state index is 5.81. The molecule has 0 fully saturated rings. The van der Waals surface area contributed by atoms with Gasteiger partial charge in [0.25, 0.3) is 0 Å². The zero-order valence-electron chi connectivity index (χ0n) is 11.8. The van der Waals surface area contributed by atoms with Gasteiger partial charge in [-0.3, -0.25) is 0 Å². The lowest BCUT2D eigenvalue weighted by atomic mass is 9.80. The van der Waals surface area contributed by atoms with E-state index in [4.69, 9.17) is 5.73 Å². The highest BCUT2D eigenvalue weighted by atomic mass is 14.5. The maximum absolute atomic E-state index is 5.81. The van der Waals surface area contributed by atoms with E-state index in [1.54, 1.807) is 0 Å². The van der Waals surface area contributed by atoms with Crippen LogP contribution in [-0.2, 0) is 0 Å². The van der Waals surface area contributed by atoms with Crippen LogP contribution in [0.5, 0.6) is 0 Å². The number of aryl methyl sites for hydroxylation is 1. The first kappa shape index (κ1) is 13.8. The first-order valence-electron chi connectivity index (χ1n) is 7.04. The van der Waals surface area contributed by atoms with E-state index in [1.807, 2.05) is 0 Å². The van der Waals surface area contributed by atoms with Crippen LogP contribution in [0.1, 0.15) is 41.9 Å². The molecule has 2 N–H and O–H groups in total. The minimum atomic E-state index is 0.492. The molecule has 0 aliphatic heterocycles. The van der Waals surface area contributed by atoms with Crippen molar-refractivity contribution in [1.29, 1.82) is 0 Å². The van der Waals surface area contributed by atoms with Crippen molar-refractivity contribution in [3.05, 3.63) is 71.3 Å². The lowest BCUT2D eigenvalue weighted by Crippen LogP contribution is -2.13. The summed E-state index contributed by atoms with van der Waals surface area (Å²) in [6.45, 7) is 5.19. The lowest BCUT2D eigenvalue weighted by Gasteiger charge is -2.25. The fraction of sp³-hybridized carbons (Fsp3) is 0.333. The molecular formula is C18H23N. The first-order valence-corrected chi connectivity index (χ1v) is 7.04. The zero-order valence-corrected chi connectivity index (χ0v) is 11.8. The molecule has 1 nitrogen and oxygen atoms in total. The van der Waals surface area contributed by atoms with E-state index in [1.165, 1.54) is 16.7 Å². The molecule has 0 saturated carbocycles. The van der Waals surface area contributed by atoms with Crippen molar-refractivity contribution < 1.29 is 0 Å². The Labute approximate surface area is 116 Å². The highest BCUT2D eigenvalue weighted by Gasteiger charge is 2.20. The molecule has 2 aromatic rings. The van der Waals surface area contributed by atoms with Crippen LogP contribution < -0.4 is 5.73 Å². The zero-order chi connectivity index (χ0) is 13.7. The standard InChI is InChI=1S/C18H23N/c1-14-7-6-10-17(13-14)15(2)18(11-12-19)16-8-4-3-5-9-16/h3-10,13,15,18H,11-12,19H2,1-2H3. The molecule has 2 rings (SSSR count). The number of benzene rings is 2. The smallest absolute Gasteiger partial charge is 0.00712 e. The minimum Gasteiger partial charge on any atom is -0.330 e. The van der Waals surface area contributed by atoms with Crippen molar-refractivity contribution in [1.82, 2.24) is 0 Å². The summed E-state index contributed by atoms with van der Waals surface area (Å²) in [5.74, 6) is 0.985. The molecule has 2 aromatic carbocycles. The van der Waals surface area contributed by atoms with Gasteiger partial charge in [0.05, 0.1) is 0 Å². The predicted octanol–water partition coefficient (Wildman–Crippen LogP) is 4.23. The molecule has 0 aromatic heterocycles. The average Bonchev–Trinajstić information content (AvgIpc) is 2.45. The molecule has 0 bridgehead atoms. The van der Waals surface area contributed by atoms with Gasteiger partial charge in [-0.1, -0.05) is 67.1 Å². The largest absolute Gasteiger partial charge is 0.330 e. The van der Waals surface area contributed by atoms with Gasteiger partial charge >= 0.3 is 0 Å². The van der Waals surface area contributed by atoms with Crippen LogP contribution in [0.2, 0.25) is 0 Å². The predicted molar refractivity (Wildman–Crippen MR) is 82.4 cm³/mol.